The Morgan fingerprint density at radius 3 is 2.63 bits per heavy atom. The van der Waals surface area contributed by atoms with Crippen molar-refractivity contribution in [2.45, 2.75) is 12.5 Å². The third kappa shape index (κ3) is 4.65. The average Bonchev–Trinajstić information content (AvgIpc) is 2.34. The molecule has 0 spiro atoms. The minimum absolute atomic E-state index is 0.286. The average molecular weight is 282 g/mol. The van der Waals surface area contributed by atoms with Crippen molar-refractivity contribution in [1.29, 1.82) is 0 Å². The van der Waals surface area contributed by atoms with Crippen molar-refractivity contribution in [3.8, 4) is 0 Å². The zero-order chi connectivity index (χ0) is 14.4. The highest BCUT2D eigenvalue weighted by Gasteiger charge is 2.19. The molecule has 7 heteroatoms. The fourth-order valence-electron chi connectivity index (χ4n) is 1.45. The summed E-state index contributed by atoms with van der Waals surface area (Å²) in [7, 11) is 0. The maximum atomic E-state index is 11.8. The monoisotopic (exact) mass is 282 g/mol. The molecule has 0 bridgehead atoms. The molecule has 1 amide bonds. The van der Waals surface area contributed by atoms with Gasteiger partial charge in [0, 0.05) is 12.0 Å². The number of benzene rings is 1. The summed E-state index contributed by atoms with van der Waals surface area (Å²) in [4.78, 5) is 22.8. The van der Waals surface area contributed by atoms with Crippen LogP contribution in [0.5, 0.6) is 0 Å². The van der Waals surface area contributed by atoms with Gasteiger partial charge < -0.3 is 21.3 Å². The Bertz CT molecular complexity index is 504. The number of rotatable bonds is 6. The SMILES string of the molecule is NC(=S)Cc1cccc(C(=O)NC(CO)C(=O)O)c1. The molecule has 0 radical (unpaired) electrons. The van der Waals surface area contributed by atoms with Crippen LogP contribution >= 0.6 is 12.2 Å². The van der Waals surface area contributed by atoms with E-state index in [4.69, 9.17) is 28.2 Å². The number of aliphatic carboxylic acids is 1. The zero-order valence-corrected chi connectivity index (χ0v) is 10.8. The van der Waals surface area contributed by atoms with E-state index in [0.717, 1.165) is 5.56 Å². The maximum Gasteiger partial charge on any atom is 0.328 e. The molecule has 0 heterocycles. The van der Waals surface area contributed by atoms with Crippen LogP contribution in [-0.4, -0.2) is 39.7 Å². The molecule has 19 heavy (non-hydrogen) atoms. The smallest absolute Gasteiger partial charge is 0.328 e. The topological polar surface area (TPSA) is 113 Å². The summed E-state index contributed by atoms with van der Waals surface area (Å²) in [5.41, 5.74) is 6.46. The second-order valence-corrected chi connectivity index (χ2v) is 4.41. The van der Waals surface area contributed by atoms with Gasteiger partial charge in [-0.1, -0.05) is 24.4 Å². The Kier molecular flexibility index (Phi) is 5.40. The number of carboxylic acids is 1. The molecule has 0 aliphatic carbocycles. The van der Waals surface area contributed by atoms with Crippen molar-refractivity contribution in [3.63, 3.8) is 0 Å². The number of carboxylic acid groups (broad SMARTS) is 1. The summed E-state index contributed by atoms with van der Waals surface area (Å²) >= 11 is 4.78. The van der Waals surface area contributed by atoms with Crippen LogP contribution in [0.4, 0.5) is 0 Å². The first-order valence-corrected chi connectivity index (χ1v) is 5.86. The van der Waals surface area contributed by atoms with Gasteiger partial charge in [0.25, 0.3) is 5.91 Å². The Balaban J connectivity index is 2.82. The molecule has 1 rings (SSSR count). The number of nitrogens with one attached hydrogen (secondary N) is 1. The van der Waals surface area contributed by atoms with E-state index in [1.807, 2.05) is 0 Å². The first-order chi connectivity index (χ1) is 8.93. The second-order valence-electron chi connectivity index (χ2n) is 3.89. The molecule has 102 valence electrons. The molecule has 0 saturated carbocycles. The van der Waals surface area contributed by atoms with E-state index in [1.54, 1.807) is 18.2 Å². The Morgan fingerprint density at radius 2 is 2.11 bits per heavy atom. The van der Waals surface area contributed by atoms with E-state index >= 15 is 0 Å². The highest BCUT2D eigenvalue weighted by atomic mass is 32.1. The quantitative estimate of drug-likeness (QED) is 0.532. The van der Waals surface area contributed by atoms with Gasteiger partial charge in [0.05, 0.1) is 11.6 Å². The van der Waals surface area contributed by atoms with Gasteiger partial charge in [-0.05, 0) is 17.7 Å². The molecule has 0 aromatic heterocycles. The van der Waals surface area contributed by atoms with Crippen molar-refractivity contribution in [3.05, 3.63) is 35.4 Å². The molecule has 0 fully saturated rings. The number of thiocarbonyl (C=S) groups is 1. The van der Waals surface area contributed by atoms with E-state index in [0.29, 0.717) is 11.4 Å². The van der Waals surface area contributed by atoms with Crippen molar-refractivity contribution in [2.24, 2.45) is 5.73 Å². The number of aliphatic hydroxyl groups excluding tert-OH is 1. The lowest BCUT2D eigenvalue weighted by atomic mass is 10.1. The van der Waals surface area contributed by atoms with Crippen molar-refractivity contribution in [1.82, 2.24) is 5.32 Å². The van der Waals surface area contributed by atoms with Crippen LogP contribution in [0.25, 0.3) is 0 Å². The van der Waals surface area contributed by atoms with Crippen LogP contribution < -0.4 is 11.1 Å². The molecule has 1 atom stereocenters. The third-order valence-corrected chi connectivity index (χ3v) is 2.50. The minimum Gasteiger partial charge on any atom is -0.480 e. The second kappa shape index (κ2) is 6.81. The molecule has 0 aliphatic heterocycles. The van der Waals surface area contributed by atoms with Gasteiger partial charge in [-0.2, -0.15) is 0 Å². The molecule has 5 N–H and O–H groups in total. The lowest BCUT2D eigenvalue weighted by Gasteiger charge is -2.12. The zero-order valence-electron chi connectivity index (χ0n) is 10.00. The summed E-state index contributed by atoms with van der Waals surface area (Å²) in [6.07, 6.45) is 0.360. The van der Waals surface area contributed by atoms with Gasteiger partial charge in [-0.15, -0.1) is 0 Å². The maximum absolute atomic E-state index is 11.8. The Morgan fingerprint density at radius 1 is 1.42 bits per heavy atom. The lowest BCUT2D eigenvalue weighted by molar-refractivity contribution is -0.140. The summed E-state index contributed by atoms with van der Waals surface area (Å²) in [5.74, 6) is -1.87. The normalized spacial score (nSPS) is 11.6. The molecule has 6 nitrogen and oxygen atoms in total. The van der Waals surface area contributed by atoms with Gasteiger partial charge in [-0.3, -0.25) is 4.79 Å². The fourth-order valence-corrected chi connectivity index (χ4v) is 1.62. The van der Waals surface area contributed by atoms with E-state index < -0.39 is 24.5 Å². The standard InChI is InChI=1S/C12H14N2O4S/c13-10(19)5-7-2-1-3-8(4-7)11(16)14-9(6-15)12(17)18/h1-4,9,15H,5-6H2,(H2,13,19)(H,14,16)(H,17,18). The van der Waals surface area contributed by atoms with Crippen LogP contribution in [-0.2, 0) is 11.2 Å². The largest absolute Gasteiger partial charge is 0.480 e. The molecular formula is C12H14N2O4S. The van der Waals surface area contributed by atoms with Crippen LogP contribution in [0.2, 0.25) is 0 Å². The fraction of sp³-hybridized carbons (Fsp3) is 0.250. The molecule has 1 unspecified atom stereocenters. The molecule has 0 aliphatic rings. The number of carbonyl (C=O) groups is 2. The highest BCUT2D eigenvalue weighted by Crippen LogP contribution is 2.06. The number of hydrogen-bond donors (Lipinski definition) is 4. The van der Waals surface area contributed by atoms with Crippen LogP contribution in [0.15, 0.2) is 24.3 Å². The van der Waals surface area contributed by atoms with Crippen molar-refractivity contribution >= 4 is 29.1 Å². The van der Waals surface area contributed by atoms with E-state index in [-0.39, 0.29) is 5.56 Å². The summed E-state index contributed by atoms with van der Waals surface area (Å²) in [6.45, 7) is -0.673. The predicted molar refractivity (Wildman–Crippen MR) is 72.9 cm³/mol. The lowest BCUT2D eigenvalue weighted by Crippen LogP contribution is -2.43. The number of amides is 1. The minimum atomic E-state index is -1.33. The van der Waals surface area contributed by atoms with Gasteiger partial charge in [-0.25, -0.2) is 4.79 Å². The number of carbonyl (C=O) groups excluding carboxylic acids is 1. The molecule has 0 saturated heterocycles. The number of hydrogen-bond acceptors (Lipinski definition) is 4. The van der Waals surface area contributed by atoms with Gasteiger partial charge in [0.1, 0.15) is 0 Å². The van der Waals surface area contributed by atoms with Gasteiger partial charge >= 0.3 is 5.97 Å². The van der Waals surface area contributed by atoms with Crippen LogP contribution in [0.1, 0.15) is 15.9 Å². The molecule has 1 aromatic carbocycles. The van der Waals surface area contributed by atoms with E-state index in [1.165, 1.54) is 6.07 Å². The first kappa shape index (κ1) is 15.1. The Hall–Kier alpha value is -1.99. The Labute approximate surface area is 115 Å². The summed E-state index contributed by atoms with van der Waals surface area (Å²) < 4.78 is 0. The highest BCUT2D eigenvalue weighted by molar-refractivity contribution is 7.80. The summed E-state index contributed by atoms with van der Waals surface area (Å²) in [5, 5.41) is 19.8. The summed E-state index contributed by atoms with van der Waals surface area (Å²) in [6, 6.07) is 5.19. The van der Waals surface area contributed by atoms with Gasteiger partial charge in [0.2, 0.25) is 0 Å². The van der Waals surface area contributed by atoms with Crippen molar-refractivity contribution in [2.75, 3.05) is 6.61 Å². The van der Waals surface area contributed by atoms with Gasteiger partial charge in [0.15, 0.2) is 6.04 Å². The van der Waals surface area contributed by atoms with E-state index in [2.05, 4.69) is 5.32 Å². The predicted octanol–water partition coefficient (Wildman–Crippen LogP) is -0.310. The van der Waals surface area contributed by atoms with Crippen LogP contribution in [0, 0.1) is 0 Å². The number of aliphatic hydroxyl groups is 1. The van der Waals surface area contributed by atoms with Crippen molar-refractivity contribution < 1.29 is 19.8 Å². The third-order valence-electron chi connectivity index (χ3n) is 2.35. The first-order valence-electron chi connectivity index (χ1n) is 5.45. The molecular weight excluding hydrogens is 268 g/mol. The molecule has 1 aromatic rings. The number of nitrogens with two attached hydrogens (primary N) is 1. The van der Waals surface area contributed by atoms with E-state index in [9.17, 15) is 9.59 Å². The van der Waals surface area contributed by atoms with Crippen LogP contribution in [0.3, 0.4) is 0 Å².